The highest BCUT2D eigenvalue weighted by molar-refractivity contribution is 6.22. The normalized spacial score (nSPS) is 15.6. The number of aryl methyl sites for hydroxylation is 3. The molecule has 2 nitrogen and oxygen atoms in total. The number of hydrogen-bond acceptors (Lipinski definition) is 2. The van der Waals surface area contributed by atoms with Crippen LogP contribution in [0, 0.1) is 20.8 Å². The van der Waals surface area contributed by atoms with Crippen LogP contribution in [0.15, 0.2) is 22.6 Å². The van der Waals surface area contributed by atoms with Crippen molar-refractivity contribution in [1.29, 1.82) is 0 Å². The second-order valence-corrected chi connectivity index (χ2v) is 5.87. The number of rotatable bonds is 2. The molecule has 2 heterocycles. The summed E-state index contributed by atoms with van der Waals surface area (Å²) in [6, 6.07) is 6.27. The zero-order valence-electron chi connectivity index (χ0n) is 12.1. The summed E-state index contributed by atoms with van der Waals surface area (Å²) in [6.45, 7) is 6.84. The topological polar surface area (TPSA) is 22.4 Å². The minimum atomic E-state index is -0.167. The smallest absolute Gasteiger partial charge is 0.122 e. The molecule has 20 heavy (non-hydrogen) atoms. The van der Waals surface area contributed by atoms with Crippen LogP contribution in [0.2, 0.25) is 0 Å². The Morgan fingerprint density at radius 2 is 1.95 bits per heavy atom. The van der Waals surface area contributed by atoms with Crippen molar-refractivity contribution in [2.24, 2.45) is 0 Å². The van der Waals surface area contributed by atoms with Crippen molar-refractivity contribution >= 4 is 11.6 Å². The highest BCUT2D eigenvalue weighted by atomic mass is 35.5. The summed E-state index contributed by atoms with van der Waals surface area (Å²) in [5.41, 5.74) is 4.62. The molecule has 1 aliphatic rings. The number of halogens is 1. The molecule has 0 saturated heterocycles. The number of alkyl halides is 1. The highest BCUT2D eigenvalue weighted by Gasteiger charge is 2.22. The summed E-state index contributed by atoms with van der Waals surface area (Å²) < 4.78 is 11.3. The molecule has 0 amide bonds. The third kappa shape index (κ3) is 2.22. The van der Waals surface area contributed by atoms with Crippen LogP contribution in [0.5, 0.6) is 5.75 Å². The van der Waals surface area contributed by atoms with E-state index < -0.39 is 0 Å². The van der Waals surface area contributed by atoms with Gasteiger partial charge in [0.1, 0.15) is 17.3 Å². The van der Waals surface area contributed by atoms with Crippen molar-refractivity contribution in [1.82, 2.24) is 0 Å². The Hall–Kier alpha value is -1.41. The Morgan fingerprint density at radius 3 is 2.65 bits per heavy atom. The van der Waals surface area contributed by atoms with Gasteiger partial charge in [-0.25, -0.2) is 0 Å². The molecule has 0 aliphatic carbocycles. The lowest BCUT2D eigenvalue weighted by molar-refractivity contribution is 0.288. The van der Waals surface area contributed by atoms with Gasteiger partial charge in [-0.15, -0.1) is 11.6 Å². The van der Waals surface area contributed by atoms with E-state index in [9.17, 15) is 0 Å². The molecule has 0 fully saturated rings. The second-order valence-electron chi connectivity index (χ2n) is 5.43. The summed E-state index contributed by atoms with van der Waals surface area (Å²) in [7, 11) is 0. The van der Waals surface area contributed by atoms with Crippen LogP contribution in [-0.2, 0) is 6.42 Å². The first-order chi connectivity index (χ1) is 9.58. The minimum Gasteiger partial charge on any atom is -0.493 e. The van der Waals surface area contributed by atoms with Crippen molar-refractivity contribution in [3.63, 3.8) is 0 Å². The molecule has 1 aromatic heterocycles. The molecular formula is C17H19ClO2. The molecule has 1 aromatic carbocycles. The standard InChI is InChI=1S/C17H19ClO2/c1-10-11(2)20-12(3)16(10)17(18)14-6-7-15-13(9-14)5-4-8-19-15/h6-7,9,17H,4-5,8H2,1-3H3. The molecule has 0 bridgehead atoms. The molecule has 0 spiro atoms. The van der Waals surface area contributed by atoms with Gasteiger partial charge in [0, 0.05) is 5.56 Å². The van der Waals surface area contributed by atoms with Crippen LogP contribution in [-0.4, -0.2) is 6.61 Å². The lowest BCUT2D eigenvalue weighted by Gasteiger charge is -2.19. The minimum absolute atomic E-state index is 0.167. The fourth-order valence-electron chi connectivity index (χ4n) is 2.89. The average molecular weight is 291 g/mol. The van der Waals surface area contributed by atoms with Crippen molar-refractivity contribution in [3.05, 3.63) is 52.0 Å². The molecule has 3 heteroatoms. The third-order valence-electron chi connectivity index (χ3n) is 4.10. The summed E-state index contributed by atoms with van der Waals surface area (Å²) >= 11 is 6.70. The van der Waals surface area contributed by atoms with E-state index in [4.69, 9.17) is 20.8 Å². The van der Waals surface area contributed by atoms with Crippen molar-refractivity contribution < 1.29 is 9.15 Å². The van der Waals surface area contributed by atoms with Gasteiger partial charge in [-0.2, -0.15) is 0 Å². The molecule has 0 N–H and O–H groups in total. The Labute approximate surface area is 124 Å². The lowest BCUT2D eigenvalue weighted by atomic mass is 9.97. The number of hydrogen-bond donors (Lipinski definition) is 0. The van der Waals surface area contributed by atoms with E-state index in [1.807, 2.05) is 19.9 Å². The first-order valence-electron chi connectivity index (χ1n) is 7.04. The summed E-state index contributed by atoms with van der Waals surface area (Å²) in [5.74, 6) is 2.86. The average Bonchev–Trinajstić information content (AvgIpc) is 2.71. The molecular weight excluding hydrogens is 272 g/mol. The van der Waals surface area contributed by atoms with Gasteiger partial charge in [-0.1, -0.05) is 12.1 Å². The molecule has 0 radical (unpaired) electrons. The summed E-state index contributed by atoms with van der Waals surface area (Å²) in [4.78, 5) is 0. The number of benzene rings is 1. The molecule has 2 aromatic rings. The van der Waals surface area contributed by atoms with Crippen molar-refractivity contribution in [2.75, 3.05) is 6.61 Å². The maximum Gasteiger partial charge on any atom is 0.122 e. The van der Waals surface area contributed by atoms with E-state index in [0.29, 0.717) is 0 Å². The van der Waals surface area contributed by atoms with E-state index >= 15 is 0 Å². The fourth-order valence-corrected chi connectivity index (χ4v) is 3.34. The predicted molar refractivity (Wildman–Crippen MR) is 80.9 cm³/mol. The van der Waals surface area contributed by atoms with Crippen LogP contribution in [0.4, 0.5) is 0 Å². The van der Waals surface area contributed by atoms with Crippen LogP contribution in [0.1, 0.15) is 45.6 Å². The monoisotopic (exact) mass is 290 g/mol. The molecule has 1 aliphatic heterocycles. The quantitative estimate of drug-likeness (QED) is 0.737. The van der Waals surface area contributed by atoms with Gasteiger partial charge in [0.2, 0.25) is 0 Å². The third-order valence-corrected chi connectivity index (χ3v) is 4.57. The van der Waals surface area contributed by atoms with Gasteiger partial charge in [-0.05, 0) is 56.4 Å². The van der Waals surface area contributed by atoms with Gasteiger partial charge in [0.05, 0.1) is 12.0 Å². The number of ether oxygens (including phenoxy) is 1. The molecule has 1 unspecified atom stereocenters. The molecule has 3 rings (SSSR count). The zero-order chi connectivity index (χ0) is 14.3. The van der Waals surface area contributed by atoms with Gasteiger partial charge in [-0.3, -0.25) is 0 Å². The Balaban J connectivity index is 2.00. The lowest BCUT2D eigenvalue weighted by Crippen LogP contribution is -2.09. The van der Waals surface area contributed by atoms with Gasteiger partial charge < -0.3 is 9.15 Å². The van der Waals surface area contributed by atoms with E-state index in [-0.39, 0.29) is 5.38 Å². The van der Waals surface area contributed by atoms with E-state index in [0.717, 1.165) is 53.4 Å². The second kappa shape index (κ2) is 5.17. The van der Waals surface area contributed by atoms with Crippen LogP contribution in [0.25, 0.3) is 0 Å². The zero-order valence-corrected chi connectivity index (χ0v) is 12.9. The first-order valence-corrected chi connectivity index (χ1v) is 7.47. The van der Waals surface area contributed by atoms with E-state index in [1.54, 1.807) is 0 Å². The maximum atomic E-state index is 6.70. The van der Waals surface area contributed by atoms with Crippen molar-refractivity contribution in [3.8, 4) is 5.75 Å². The first kappa shape index (κ1) is 13.6. The fraction of sp³-hybridized carbons (Fsp3) is 0.412. The summed E-state index contributed by atoms with van der Waals surface area (Å²) in [6.07, 6.45) is 2.14. The molecule has 1 atom stereocenters. The molecule has 106 valence electrons. The SMILES string of the molecule is Cc1oc(C)c(C(Cl)c2ccc3c(c2)CCCO3)c1C. The van der Waals surface area contributed by atoms with Crippen LogP contribution < -0.4 is 4.74 Å². The van der Waals surface area contributed by atoms with Crippen LogP contribution >= 0.6 is 11.6 Å². The number of fused-ring (bicyclic) bond motifs is 1. The van der Waals surface area contributed by atoms with E-state index in [1.165, 1.54) is 5.56 Å². The number of furan rings is 1. The van der Waals surface area contributed by atoms with Gasteiger partial charge in [0.25, 0.3) is 0 Å². The Bertz CT molecular complexity index is 643. The Kier molecular flexibility index (Phi) is 3.51. The molecule has 0 saturated carbocycles. The van der Waals surface area contributed by atoms with Crippen LogP contribution in [0.3, 0.4) is 0 Å². The maximum absolute atomic E-state index is 6.70. The van der Waals surface area contributed by atoms with Crippen molar-refractivity contribution in [2.45, 2.75) is 39.0 Å². The Morgan fingerprint density at radius 1 is 1.15 bits per heavy atom. The highest BCUT2D eigenvalue weighted by Crippen LogP contribution is 2.38. The predicted octanol–water partition coefficient (Wildman–Crippen LogP) is 4.86. The van der Waals surface area contributed by atoms with Gasteiger partial charge in [0.15, 0.2) is 0 Å². The largest absolute Gasteiger partial charge is 0.493 e. The van der Waals surface area contributed by atoms with E-state index in [2.05, 4.69) is 19.1 Å². The van der Waals surface area contributed by atoms with Gasteiger partial charge >= 0.3 is 0 Å². The summed E-state index contributed by atoms with van der Waals surface area (Å²) in [5, 5.41) is -0.167.